The number of aryl methyl sites for hydroxylation is 2. The minimum absolute atomic E-state index is 0.00687. The summed E-state index contributed by atoms with van der Waals surface area (Å²) in [6.45, 7) is 8.12. The summed E-state index contributed by atoms with van der Waals surface area (Å²) >= 11 is 0. The highest BCUT2D eigenvalue weighted by Gasteiger charge is 2.33. The van der Waals surface area contributed by atoms with Crippen molar-refractivity contribution in [2.45, 2.75) is 26.3 Å². The Labute approximate surface area is 135 Å². The Morgan fingerprint density at radius 1 is 1.43 bits per heavy atom. The highest BCUT2D eigenvalue weighted by molar-refractivity contribution is 5.88. The van der Waals surface area contributed by atoms with Crippen LogP contribution in [-0.2, 0) is 4.79 Å². The van der Waals surface area contributed by atoms with Crippen molar-refractivity contribution in [2.75, 3.05) is 11.9 Å². The maximum absolute atomic E-state index is 11.8. The van der Waals surface area contributed by atoms with Crippen LogP contribution in [0.2, 0.25) is 0 Å². The molecule has 1 N–H and O–H groups in total. The molecule has 118 valence electrons. The Hall–Kier alpha value is -2.76. The maximum atomic E-state index is 11.8. The van der Waals surface area contributed by atoms with E-state index in [0.29, 0.717) is 11.6 Å². The minimum atomic E-state index is -0.0624. The number of carbonyl (C=O) groups is 1. The first kappa shape index (κ1) is 15.1. The van der Waals surface area contributed by atoms with Gasteiger partial charge in [-0.25, -0.2) is 15.0 Å². The van der Waals surface area contributed by atoms with Crippen LogP contribution in [0.4, 0.5) is 11.6 Å². The number of pyridine rings is 1. The Morgan fingerprint density at radius 2 is 2.26 bits per heavy atom. The van der Waals surface area contributed by atoms with E-state index in [4.69, 9.17) is 0 Å². The van der Waals surface area contributed by atoms with Gasteiger partial charge in [0.15, 0.2) is 0 Å². The van der Waals surface area contributed by atoms with Crippen molar-refractivity contribution in [3.8, 4) is 0 Å². The first-order valence-electron chi connectivity index (χ1n) is 7.55. The SMILES string of the molecule is C=CC(=O)N1CC[C@@H]1c1cc(Nc2ncccc2C)nc(C)n1. The number of carbonyl (C=O) groups excluding carboxylic acids is 1. The van der Waals surface area contributed by atoms with Crippen LogP contribution in [0.3, 0.4) is 0 Å². The van der Waals surface area contributed by atoms with E-state index < -0.39 is 0 Å². The lowest BCUT2D eigenvalue weighted by molar-refractivity contribution is -0.133. The topological polar surface area (TPSA) is 71.0 Å². The van der Waals surface area contributed by atoms with Gasteiger partial charge in [-0.1, -0.05) is 12.6 Å². The molecule has 1 amide bonds. The molecule has 23 heavy (non-hydrogen) atoms. The molecule has 1 aliphatic heterocycles. The van der Waals surface area contributed by atoms with Crippen LogP contribution in [0, 0.1) is 13.8 Å². The molecule has 0 spiro atoms. The predicted octanol–water partition coefficient (Wildman–Crippen LogP) is 2.69. The number of anilines is 2. The fourth-order valence-electron chi connectivity index (χ4n) is 2.64. The Kier molecular flexibility index (Phi) is 4.06. The van der Waals surface area contributed by atoms with Gasteiger partial charge >= 0.3 is 0 Å². The number of nitrogens with one attached hydrogen (secondary N) is 1. The quantitative estimate of drug-likeness (QED) is 0.879. The molecular weight excluding hydrogens is 290 g/mol. The van der Waals surface area contributed by atoms with Gasteiger partial charge in [0.2, 0.25) is 5.91 Å². The first-order chi connectivity index (χ1) is 11.1. The molecule has 1 aliphatic rings. The first-order valence-corrected chi connectivity index (χ1v) is 7.55. The smallest absolute Gasteiger partial charge is 0.246 e. The normalized spacial score (nSPS) is 16.6. The molecule has 1 atom stereocenters. The molecule has 0 saturated carbocycles. The zero-order valence-electron chi connectivity index (χ0n) is 13.3. The standard InChI is InChI=1S/C17H19N5O/c1-4-16(23)22-9-7-14(22)13-10-15(20-12(3)19-13)21-17-11(2)6-5-8-18-17/h4-6,8,10,14H,1,7,9H2,2-3H3,(H,18,19,20,21)/t14-/m1/s1. The number of likely N-dealkylation sites (tertiary alicyclic amines) is 1. The van der Waals surface area contributed by atoms with E-state index in [1.165, 1.54) is 6.08 Å². The van der Waals surface area contributed by atoms with E-state index in [9.17, 15) is 4.79 Å². The molecule has 2 aromatic heterocycles. The summed E-state index contributed by atoms with van der Waals surface area (Å²) in [6, 6.07) is 5.76. The third-order valence-corrected chi connectivity index (χ3v) is 3.93. The molecule has 0 aliphatic carbocycles. The van der Waals surface area contributed by atoms with Crippen LogP contribution in [0.15, 0.2) is 37.1 Å². The molecule has 6 heteroatoms. The van der Waals surface area contributed by atoms with Crippen LogP contribution in [0.25, 0.3) is 0 Å². The second-order valence-corrected chi connectivity index (χ2v) is 5.56. The number of hydrogen-bond acceptors (Lipinski definition) is 5. The third kappa shape index (κ3) is 3.06. The molecule has 1 saturated heterocycles. The molecule has 0 unspecified atom stereocenters. The van der Waals surface area contributed by atoms with Gasteiger partial charge in [0.1, 0.15) is 17.5 Å². The zero-order chi connectivity index (χ0) is 16.4. The lowest BCUT2D eigenvalue weighted by atomic mass is 9.99. The van der Waals surface area contributed by atoms with E-state index in [2.05, 4.69) is 26.8 Å². The molecular formula is C17H19N5O. The number of amides is 1. The average molecular weight is 309 g/mol. The van der Waals surface area contributed by atoms with Crippen molar-refractivity contribution in [3.63, 3.8) is 0 Å². The summed E-state index contributed by atoms with van der Waals surface area (Å²) in [7, 11) is 0. The van der Waals surface area contributed by atoms with Crippen molar-refractivity contribution in [1.82, 2.24) is 19.9 Å². The Bertz CT molecular complexity index is 758. The van der Waals surface area contributed by atoms with Gasteiger partial charge in [-0.2, -0.15) is 0 Å². The van der Waals surface area contributed by atoms with Crippen LogP contribution in [-0.4, -0.2) is 32.3 Å². The van der Waals surface area contributed by atoms with Crippen LogP contribution >= 0.6 is 0 Å². The largest absolute Gasteiger partial charge is 0.330 e. The average Bonchev–Trinajstić information content (AvgIpc) is 2.48. The number of hydrogen-bond donors (Lipinski definition) is 1. The molecule has 0 bridgehead atoms. The van der Waals surface area contributed by atoms with Crippen molar-refractivity contribution in [2.24, 2.45) is 0 Å². The van der Waals surface area contributed by atoms with E-state index in [1.54, 1.807) is 11.1 Å². The summed E-state index contributed by atoms with van der Waals surface area (Å²) in [5.74, 6) is 2.06. The van der Waals surface area contributed by atoms with Gasteiger partial charge in [0.05, 0.1) is 11.7 Å². The monoisotopic (exact) mass is 309 g/mol. The van der Waals surface area contributed by atoms with Crippen molar-refractivity contribution in [3.05, 3.63) is 54.1 Å². The predicted molar refractivity (Wildman–Crippen MR) is 88.3 cm³/mol. The van der Waals surface area contributed by atoms with Gasteiger partial charge < -0.3 is 10.2 Å². The summed E-state index contributed by atoms with van der Waals surface area (Å²) in [5, 5.41) is 3.23. The van der Waals surface area contributed by atoms with Crippen LogP contribution < -0.4 is 5.32 Å². The van der Waals surface area contributed by atoms with E-state index in [1.807, 2.05) is 32.0 Å². The molecule has 2 aromatic rings. The van der Waals surface area contributed by atoms with E-state index in [-0.39, 0.29) is 11.9 Å². The lowest BCUT2D eigenvalue weighted by Gasteiger charge is -2.40. The summed E-state index contributed by atoms with van der Waals surface area (Å²) in [4.78, 5) is 26.8. The second-order valence-electron chi connectivity index (χ2n) is 5.56. The van der Waals surface area contributed by atoms with Crippen LogP contribution in [0.1, 0.15) is 29.5 Å². The van der Waals surface area contributed by atoms with Gasteiger partial charge in [-0.15, -0.1) is 0 Å². The Morgan fingerprint density at radius 3 is 2.91 bits per heavy atom. The Balaban J connectivity index is 1.87. The molecule has 3 heterocycles. The van der Waals surface area contributed by atoms with E-state index in [0.717, 1.165) is 30.0 Å². The van der Waals surface area contributed by atoms with Gasteiger partial charge in [0.25, 0.3) is 0 Å². The highest BCUT2D eigenvalue weighted by Crippen LogP contribution is 2.33. The third-order valence-electron chi connectivity index (χ3n) is 3.93. The number of nitrogens with zero attached hydrogens (tertiary/aromatic N) is 4. The van der Waals surface area contributed by atoms with Gasteiger partial charge in [-0.3, -0.25) is 4.79 Å². The number of aromatic nitrogens is 3. The van der Waals surface area contributed by atoms with Gasteiger partial charge in [-0.05, 0) is 38.0 Å². The van der Waals surface area contributed by atoms with Crippen molar-refractivity contribution < 1.29 is 4.79 Å². The molecule has 3 rings (SSSR count). The molecule has 0 radical (unpaired) electrons. The molecule has 1 fully saturated rings. The summed E-state index contributed by atoms with van der Waals surface area (Å²) in [6.07, 6.45) is 3.98. The van der Waals surface area contributed by atoms with Crippen molar-refractivity contribution >= 4 is 17.5 Å². The van der Waals surface area contributed by atoms with Gasteiger partial charge in [0, 0.05) is 18.8 Å². The second kappa shape index (κ2) is 6.16. The lowest BCUT2D eigenvalue weighted by Crippen LogP contribution is -2.44. The van der Waals surface area contributed by atoms with Crippen LogP contribution in [0.5, 0.6) is 0 Å². The minimum Gasteiger partial charge on any atom is -0.330 e. The fraction of sp³-hybridized carbons (Fsp3) is 0.294. The maximum Gasteiger partial charge on any atom is 0.246 e. The fourth-order valence-corrected chi connectivity index (χ4v) is 2.64. The molecule has 0 aromatic carbocycles. The number of rotatable bonds is 4. The van der Waals surface area contributed by atoms with E-state index >= 15 is 0 Å². The highest BCUT2D eigenvalue weighted by atomic mass is 16.2. The van der Waals surface area contributed by atoms with Crippen molar-refractivity contribution in [1.29, 1.82) is 0 Å². The summed E-state index contributed by atoms with van der Waals surface area (Å²) in [5.41, 5.74) is 1.88. The summed E-state index contributed by atoms with van der Waals surface area (Å²) < 4.78 is 0. The molecule has 6 nitrogen and oxygen atoms in total. The zero-order valence-corrected chi connectivity index (χ0v) is 13.3.